The molecule has 94 valence electrons. The molecule has 4 N–H and O–H groups in total. The second-order valence-electron chi connectivity index (χ2n) is 3.95. The zero-order chi connectivity index (χ0) is 12.8. The quantitative estimate of drug-likeness (QED) is 0.528. The van der Waals surface area contributed by atoms with Crippen molar-refractivity contribution < 1.29 is 9.53 Å². The number of nitrogen functional groups attached to an aromatic ring is 1. The molecule has 1 unspecified atom stereocenters. The summed E-state index contributed by atoms with van der Waals surface area (Å²) in [6.45, 7) is 4.28. The van der Waals surface area contributed by atoms with E-state index in [9.17, 15) is 4.79 Å². The molecule has 0 aliphatic rings. The van der Waals surface area contributed by atoms with E-state index in [1.807, 2.05) is 19.9 Å². The van der Waals surface area contributed by atoms with E-state index in [0.29, 0.717) is 17.8 Å². The van der Waals surface area contributed by atoms with Gasteiger partial charge in [-0.3, -0.25) is 10.6 Å². The molecule has 0 spiro atoms. The minimum absolute atomic E-state index is 0.0157. The topological polar surface area (TPSA) is 76.4 Å². The molecule has 1 aromatic carbocycles. The lowest BCUT2D eigenvalue weighted by Gasteiger charge is -2.13. The summed E-state index contributed by atoms with van der Waals surface area (Å²) in [5.74, 6) is 5.20. The van der Waals surface area contributed by atoms with Crippen molar-refractivity contribution in [1.29, 1.82) is 0 Å². The summed E-state index contributed by atoms with van der Waals surface area (Å²) in [4.78, 5) is 11.9. The number of benzene rings is 1. The molecule has 1 rings (SSSR count). The van der Waals surface area contributed by atoms with Crippen LogP contribution in [0.1, 0.15) is 22.8 Å². The largest absolute Gasteiger partial charge is 0.380 e. The molecule has 1 atom stereocenters. The van der Waals surface area contributed by atoms with Crippen LogP contribution < -0.4 is 16.6 Å². The van der Waals surface area contributed by atoms with E-state index in [2.05, 4.69) is 10.7 Å². The Balaban J connectivity index is 2.77. The third kappa shape index (κ3) is 3.72. The molecule has 0 bridgehead atoms. The number of nitrogens with one attached hydrogen (secondary N) is 2. The first-order valence-corrected chi connectivity index (χ1v) is 5.46. The monoisotopic (exact) mass is 237 g/mol. The summed E-state index contributed by atoms with van der Waals surface area (Å²) >= 11 is 0. The second kappa shape index (κ2) is 6.22. The molecular formula is C12H19N3O2. The number of carbonyl (C=O) groups is 1. The molecule has 0 aliphatic carbocycles. The number of amides is 1. The molecule has 0 saturated carbocycles. The first-order valence-electron chi connectivity index (χ1n) is 5.46. The number of rotatable bonds is 5. The normalized spacial score (nSPS) is 12.0. The highest BCUT2D eigenvalue weighted by Gasteiger charge is 2.11. The number of nitrogens with two attached hydrogens (primary N) is 1. The van der Waals surface area contributed by atoms with Gasteiger partial charge in [-0.1, -0.05) is 11.6 Å². The molecule has 1 aromatic rings. The third-order valence-electron chi connectivity index (χ3n) is 2.53. The van der Waals surface area contributed by atoms with Gasteiger partial charge in [0.15, 0.2) is 0 Å². The van der Waals surface area contributed by atoms with Crippen molar-refractivity contribution in [1.82, 2.24) is 5.32 Å². The number of hydrazine groups is 1. The van der Waals surface area contributed by atoms with E-state index < -0.39 is 0 Å². The molecule has 0 radical (unpaired) electrons. The molecule has 5 nitrogen and oxygen atoms in total. The number of aryl methyl sites for hydroxylation is 1. The van der Waals surface area contributed by atoms with Crippen LogP contribution in [0.2, 0.25) is 0 Å². The minimum atomic E-state index is -0.162. The van der Waals surface area contributed by atoms with Gasteiger partial charge >= 0.3 is 0 Å². The number of ether oxygens (including phenoxy) is 1. The van der Waals surface area contributed by atoms with Crippen molar-refractivity contribution in [3.8, 4) is 0 Å². The standard InChI is InChI=1S/C12H19N3O2/c1-8-4-5-11(15-13)10(6-8)12(16)14-7-9(2)17-3/h4-6,9,15H,7,13H2,1-3H3,(H,14,16). The Kier molecular flexibility index (Phi) is 4.93. The number of carbonyl (C=O) groups excluding carboxylic acids is 1. The molecular weight excluding hydrogens is 218 g/mol. The lowest BCUT2D eigenvalue weighted by Crippen LogP contribution is -2.32. The summed E-state index contributed by atoms with van der Waals surface area (Å²) in [6.07, 6.45) is -0.0157. The predicted octanol–water partition coefficient (Wildman–Crippen LogP) is 1.05. The zero-order valence-electron chi connectivity index (χ0n) is 10.4. The average molecular weight is 237 g/mol. The van der Waals surface area contributed by atoms with E-state index >= 15 is 0 Å². The SMILES string of the molecule is COC(C)CNC(=O)c1cc(C)ccc1NN. The first-order chi connectivity index (χ1) is 8.08. The van der Waals surface area contributed by atoms with E-state index in [-0.39, 0.29) is 12.0 Å². The highest BCUT2D eigenvalue weighted by atomic mass is 16.5. The van der Waals surface area contributed by atoms with E-state index in [1.165, 1.54) is 0 Å². The maximum atomic E-state index is 11.9. The van der Waals surface area contributed by atoms with Crippen LogP contribution in [-0.2, 0) is 4.74 Å². The van der Waals surface area contributed by atoms with Crippen LogP contribution in [-0.4, -0.2) is 25.7 Å². The Bertz CT molecular complexity index is 393. The van der Waals surface area contributed by atoms with Gasteiger partial charge < -0.3 is 15.5 Å². The molecule has 5 heteroatoms. The van der Waals surface area contributed by atoms with Crippen molar-refractivity contribution in [2.75, 3.05) is 19.1 Å². The van der Waals surface area contributed by atoms with Crippen molar-refractivity contribution >= 4 is 11.6 Å². The molecule has 0 fully saturated rings. The smallest absolute Gasteiger partial charge is 0.253 e. The average Bonchev–Trinajstić information content (AvgIpc) is 2.35. The Morgan fingerprint density at radius 3 is 2.82 bits per heavy atom. The number of hydrogen-bond donors (Lipinski definition) is 3. The van der Waals surface area contributed by atoms with Crippen molar-refractivity contribution in [3.63, 3.8) is 0 Å². The van der Waals surface area contributed by atoms with Gasteiger partial charge in [0.1, 0.15) is 0 Å². The van der Waals surface area contributed by atoms with Crippen molar-refractivity contribution in [2.45, 2.75) is 20.0 Å². The number of anilines is 1. The minimum Gasteiger partial charge on any atom is -0.380 e. The van der Waals surface area contributed by atoms with Gasteiger partial charge in [-0.05, 0) is 26.0 Å². The van der Waals surface area contributed by atoms with Gasteiger partial charge in [0.25, 0.3) is 5.91 Å². The first kappa shape index (κ1) is 13.5. The highest BCUT2D eigenvalue weighted by molar-refractivity contribution is 5.99. The van der Waals surface area contributed by atoms with Crippen molar-refractivity contribution in [3.05, 3.63) is 29.3 Å². The van der Waals surface area contributed by atoms with Gasteiger partial charge in [-0.2, -0.15) is 0 Å². The highest BCUT2D eigenvalue weighted by Crippen LogP contribution is 2.16. The molecule has 0 heterocycles. The van der Waals surface area contributed by atoms with Crippen LogP contribution in [0.25, 0.3) is 0 Å². The summed E-state index contributed by atoms with van der Waals surface area (Å²) in [6, 6.07) is 5.47. The Hall–Kier alpha value is -1.59. The number of hydrogen-bond acceptors (Lipinski definition) is 4. The van der Waals surface area contributed by atoms with Crippen LogP contribution in [0.3, 0.4) is 0 Å². The van der Waals surface area contributed by atoms with E-state index in [4.69, 9.17) is 10.6 Å². The fourth-order valence-corrected chi connectivity index (χ4v) is 1.39. The lowest BCUT2D eigenvalue weighted by atomic mass is 10.1. The summed E-state index contributed by atoms with van der Waals surface area (Å²) < 4.78 is 5.06. The molecule has 0 aliphatic heterocycles. The Labute approximate surface area is 101 Å². The van der Waals surface area contributed by atoms with Crippen LogP contribution >= 0.6 is 0 Å². The van der Waals surface area contributed by atoms with Gasteiger partial charge in [-0.25, -0.2) is 0 Å². The van der Waals surface area contributed by atoms with Gasteiger partial charge in [-0.15, -0.1) is 0 Å². The Morgan fingerprint density at radius 1 is 1.53 bits per heavy atom. The third-order valence-corrected chi connectivity index (χ3v) is 2.53. The second-order valence-corrected chi connectivity index (χ2v) is 3.95. The van der Waals surface area contributed by atoms with Crippen LogP contribution in [0.4, 0.5) is 5.69 Å². The number of methoxy groups -OCH3 is 1. The van der Waals surface area contributed by atoms with Gasteiger partial charge in [0.05, 0.1) is 17.4 Å². The van der Waals surface area contributed by atoms with E-state index in [1.54, 1.807) is 19.2 Å². The molecule has 1 amide bonds. The van der Waals surface area contributed by atoms with Crippen molar-refractivity contribution in [2.24, 2.45) is 5.84 Å². The summed E-state index contributed by atoms with van der Waals surface area (Å²) in [7, 11) is 1.61. The summed E-state index contributed by atoms with van der Waals surface area (Å²) in [5.41, 5.74) is 4.67. The summed E-state index contributed by atoms with van der Waals surface area (Å²) in [5, 5.41) is 2.79. The maximum Gasteiger partial charge on any atom is 0.253 e. The van der Waals surface area contributed by atoms with Gasteiger partial charge in [0, 0.05) is 13.7 Å². The Morgan fingerprint density at radius 2 is 2.24 bits per heavy atom. The zero-order valence-corrected chi connectivity index (χ0v) is 10.4. The van der Waals surface area contributed by atoms with Gasteiger partial charge in [0.2, 0.25) is 0 Å². The maximum absolute atomic E-state index is 11.9. The van der Waals surface area contributed by atoms with Crippen LogP contribution in [0, 0.1) is 6.92 Å². The fourth-order valence-electron chi connectivity index (χ4n) is 1.39. The van der Waals surface area contributed by atoms with Crippen LogP contribution in [0.15, 0.2) is 18.2 Å². The fraction of sp³-hybridized carbons (Fsp3) is 0.417. The molecule has 0 saturated heterocycles. The lowest BCUT2D eigenvalue weighted by molar-refractivity contribution is 0.0871. The van der Waals surface area contributed by atoms with Crippen LogP contribution in [0.5, 0.6) is 0 Å². The predicted molar refractivity (Wildman–Crippen MR) is 67.8 cm³/mol. The molecule has 0 aromatic heterocycles. The van der Waals surface area contributed by atoms with E-state index in [0.717, 1.165) is 5.56 Å². The molecule has 17 heavy (non-hydrogen) atoms.